The van der Waals surface area contributed by atoms with Gasteiger partial charge < -0.3 is 10.4 Å². The van der Waals surface area contributed by atoms with Gasteiger partial charge in [-0.25, -0.2) is 0 Å². The molecule has 0 fully saturated rings. The van der Waals surface area contributed by atoms with Gasteiger partial charge >= 0.3 is 0 Å². The first-order chi connectivity index (χ1) is 7.91. The van der Waals surface area contributed by atoms with E-state index >= 15 is 0 Å². The summed E-state index contributed by atoms with van der Waals surface area (Å²) in [5, 5.41) is 12.3. The number of carbonyl (C=O) groups is 2. The fourth-order valence-electron chi connectivity index (χ4n) is 1.16. The van der Waals surface area contributed by atoms with Crippen LogP contribution in [0.3, 0.4) is 0 Å². The molecule has 1 aromatic carbocycles. The summed E-state index contributed by atoms with van der Waals surface area (Å²) in [5.74, 6) is -0.883. The lowest BCUT2D eigenvalue weighted by Gasteiger charge is -2.08. The Morgan fingerprint density at radius 3 is 2.65 bits per heavy atom. The van der Waals surface area contributed by atoms with E-state index in [2.05, 4.69) is 5.32 Å². The monoisotopic (exact) mass is 255 g/mol. The maximum Gasteiger partial charge on any atom is 0.255 e. The lowest BCUT2D eigenvalue weighted by molar-refractivity contribution is -0.120. The van der Waals surface area contributed by atoms with Crippen LogP contribution in [0.25, 0.3) is 0 Å². The summed E-state index contributed by atoms with van der Waals surface area (Å²) in [6, 6.07) is 4.17. The standard InChI is InChI=1S/C12H14ClNO3/c1-7(2)11(16)6-14-12(17)9-5-8(13)3-4-10(9)15/h3-5,7,15H,6H2,1-2H3,(H,14,17). The molecule has 5 heteroatoms. The van der Waals surface area contributed by atoms with E-state index in [1.54, 1.807) is 13.8 Å². The normalized spacial score (nSPS) is 10.4. The molecule has 0 aliphatic rings. The summed E-state index contributed by atoms with van der Waals surface area (Å²) < 4.78 is 0. The highest BCUT2D eigenvalue weighted by Gasteiger charge is 2.14. The third-order valence-electron chi connectivity index (χ3n) is 2.27. The first kappa shape index (κ1) is 13.5. The van der Waals surface area contributed by atoms with Crippen molar-refractivity contribution in [3.05, 3.63) is 28.8 Å². The van der Waals surface area contributed by atoms with Gasteiger partial charge in [0.05, 0.1) is 12.1 Å². The zero-order valence-corrected chi connectivity index (χ0v) is 10.4. The molecule has 2 N–H and O–H groups in total. The predicted octanol–water partition coefficient (Wildman–Crippen LogP) is 2.00. The van der Waals surface area contributed by atoms with E-state index < -0.39 is 5.91 Å². The van der Waals surface area contributed by atoms with Gasteiger partial charge in [-0.2, -0.15) is 0 Å². The number of halogens is 1. The molecule has 0 radical (unpaired) electrons. The Morgan fingerprint density at radius 2 is 2.06 bits per heavy atom. The van der Waals surface area contributed by atoms with Crippen LogP contribution in [0.15, 0.2) is 18.2 Å². The number of phenols is 1. The minimum Gasteiger partial charge on any atom is -0.507 e. The van der Waals surface area contributed by atoms with Gasteiger partial charge in [0.1, 0.15) is 5.75 Å². The molecule has 0 aliphatic carbocycles. The molecule has 17 heavy (non-hydrogen) atoms. The van der Waals surface area contributed by atoms with Crippen LogP contribution >= 0.6 is 11.6 Å². The van der Waals surface area contributed by atoms with Crippen LogP contribution in [0.5, 0.6) is 5.75 Å². The van der Waals surface area contributed by atoms with Gasteiger partial charge in [0.2, 0.25) is 0 Å². The van der Waals surface area contributed by atoms with Crippen LogP contribution in [-0.2, 0) is 4.79 Å². The number of rotatable bonds is 4. The van der Waals surface area contributed by atoms with Crippen LogP contribution in [0, 0.1) is 5.92 Å². The Kier molecular flexibility index (Phi) is 4.52. The third-order valence-corrected chi connectivity index (χ3v) is 2.51. The second kappa shape index (κ2) is 5.68. The van der Waals surface area contributed by atoms with Crippen LogP contribution < -0.4 is 5.32 Å². The Labute approximate surface area is 105 Å². The maximum atomic E-state index is 11.7. The summed E-state index contributed by atoms with van der Waals surface area (Å²) in [4.78, 5) is 23.0. The van der Waals surface area contributed by atoms with Gasteiger partial charge in [0.15, 0.2) is 5.78 Å². The van der Waals surface area contributed by atoms with Gasteiger partial charge in [0.25, 0.3) is 5.91 Å². The lowest BCUT2D eigenvalue weighted by Crippen LogP contribution is -2.31. The number of hydrogen-bond donors (Lipinski definition) is 2. The second-order valence-electron chi connectivity index (χ2n) is 3.97. The SMILES string of the molecule is CC(C)C(=O)CNC(=O)c1cc(Cl)ccc1O. The summed E-state index contributed by atoms with van der Waals surface area (Å²) in [5.41, 5.74) is 0.0639. The zero-order chi connectivity index (χ0) is 13.0. The number of ketones is 1. The molecule has 4 nitrogen and oxygen atoms in total. The van der Waals surface area contributed by atoms with E-state index in [1.165, 1.54) is 18.2 Å². The number of nitrogens with one attached hydrogen (secondary N) is 1. The largest absolute Gasteiger partial charge is 0.507 e. The number of Topliss-reactive ketones (excluding diaryl/α,β-unsaturated/α-hetero) is 1. The van der Waals surface area contributed by atoms with Gasteiger partial charge in [-0.15, -0.1) is 0 Å². The molecule has 0 bridgehead atoms. The number of hydrogen-bond acceptors (Lipinski definition) is 3. The molecule has 1 amide bonds. The molecule has 0 aliphatic heterocycles. The van der Waals surface area contributed by atoms with Crippen molar-refractivity contribution in [2.45, 2.75) is 13.8 Å². The molecule has 1 rings (SSSR count). The number of benzene rings is 1. The highest BCUT2D eigenvalue weighted by Crippen LogP contribution is 2.21. The van der Waals surface area contributed by atoms with E-state index in [0.717, 1.165) is 0 Å². The highest BCUT2D eigenvalue weighted by molar-refractivity contribution is 6.31. The second-order valence-corrected chi connectivity index (χ2v) is 4.40. The summed E-state index contributed by atoms with van der Waals surface area (Å²) >= 11 is 5.72. The number of phenolic OH excluding ortho intramolecular Hbond substituents is 1. The first-order valence-corrected chi connectivity index (χ1v) is 5.59. The van der Waals surface area contributed by atoms with Crippen LogP contribution in [0.4, 0.5) is 0 Å². The van der Waals surface area contributed by atoms with Crippen LogP contribution in [0.2, 0.25) is 5.02 Å². The molecule has 92 valence electrons. The number of carbonyl (C=O) groups excluding carboxylic acids is 2. The number of amides is 1. The fraction of sp³-hybridized carbons (Fsp3) is 0.333. The van der Waals surface area contributed by atoms with Crippen LogP contribution in [-0.4, -0.2) is 23.3 Å². The highest BCUT2D eigenvalue weighted by atomic mass is 35.5. The van der Waals surface area contributed by atoms with Crippen molar-refractivity contribution in [2.24, 2.45) is 5.92 Å². The Morgan fingerprint density at radius 1 is 1.41 bits per heavy atom. The molecular formula is C12H14ClNO3. The molecule has 0 spiro atoms. The predicted molar refractivity (Wildman–Crippen MR) is 65.3 cm³/mol. The maximum absolute atomic E-state index is 11.7. The van der Waals surface area contributed by atoms with Crippen molar-refractivity contribution in [1.82, 2.24) is 5.32 Å². The van der Waals surface area contributed by atoms with Crippen molar-refractivity contribution in [3.63, 3.8) is 0 Å². The van der Waals surface area contributed by atoms with Crippen molar-refractivity contribution in [2.75, 3.05) is 6.54 Å². The minimum absolute atomic E-state index is 0.0531. The quantitative estimate of drug-likeness (QED) is 0.865. The molecule has 0 atom stereocenters. The van der Waals surface area contributed by atoms with Crippen molar-refractivity contribution in [1.29, 1.82) is 0 Å². The van der Waals surface area contributed by atoms with Gasteiger partial charge in [-0.1, -0.05) is 25.4 Å². The average Bonchev–Trinajstić information content (AvgIpc) is 2.28. The number of aromatic hydroxyl groups is 1. The van der Waals surface area contributed by atoms with E-state index in [0.29, 0.717) is 5.02 Å². The van der Waals surface area contributed by atoms with Gasteiger partial charge in [-0.05, 0) is 18.2 Å². The first-order valence-electron chi connectivity index (χ1n) is 5.21. The summed E-state index contributed by atoms with van der Waals surface area (Å²) in [6.07, 6.45) is 0. The molecule has 1 aromatic rings. The van der Waals surface area contributed by atoms with Gasteiger partial charge in [-0.3, -0.25) is 9.59 Å². The smallest absolute Gasteiger partial charge is 0.255 e. The lowest BCUT2D eigenvalue weighted by atomic mass is 10.1. The summed E-state index contributed by atoms with van der Waals surface area (Å²) in [6.45, 7) is 3.46. The topological polar surface area (TPSA) is 66.4 Å². The molecule has 0 aromatic heterocycles. The Hall–Kier alpha value is -1.55. The van der Waals surface area contributed by atoms with Gasteiger partial charge in [0, 0.05) is 10.9 Å². The van der Waals surface area contributed by atoms with Crippen molar-refractivity contribution < 1.29 is 14.7 Å². The van der Waals surface area contributed by atoms with Crippen LogP contribution in [0.1, 0.15) is 24.2 Å². The van der Waals surface area contributed by atoms with E-state index in [1.807, 2.05) is 0 Å². The van der Waals surface area contributed by atoms with E-state index in [-0.39, 0.29) is 29.6 Å². The van der Waals surface area contributed by atoms with Crippen molar-refractivity contribution >= 4 is 23.3 Å². The van der Waals surface area contributed by atoms with E-state index in [9.17, 15) is 14.7 Å². The van der Waals surface area contributed by atoms with E-state index in [4.69, 9.17) is 11.6 Å². The minimum atomic E-state index is -0.515. The molecular weight excluding hydrogens is 242 g/mol. The Balaban J connectivity index is 2.70. The summed E-state index contributed by atoms with van der Waals surface area (Å²) in [7, 11) is 0. The van der Waals surface area contributed by atoms with Crippen molar-refractivity contribution in [3.8, 4) is 5.75 Å². The fourth-order valence-corrected chi connectivity index (χ4v) is 1.33. The Bertz CT molecular complexity index is 443. The molecule has 0 unspecified atom stereocenters. The third kappa shape index (κ3) is 3.75. The zero-order valence-electron chi connectivity index (χ0n) is 9.66. The molecule has 0 saturated heterocycles. The molecule has 0 saturated carbocycles. The molecule has 0 heterocycles. The average molecular weight is 256 g/mol.